The lowest BCUT2D eigenvalue weighted by Crippen LogP contribution is -2.30. The van der Waals surface area contributed by atoms with Crippen LogP contribution in [-0.4, -0.2) is 24.0 Å². The van der Waals surface area contributed by atoms with E-state index in [0.717, 1.165) is 12.8 Å². The second-order valence-electron chi connectivity index (χ2n) is 6.41. The number of hydrogen-bond donors (Lipinski definition) is 0. The molecule has 1 heterocycles. The summed E-state index contributed by atoms with van der Waals surface area (Å²) in [5.41, 5.74) is -0.100. The Morgan fingerprint density at radius 3 is 2.53 bits per heavy atom. The first-order valence-electron chi connectivity index (χ1n) is 6.36. The van der Waals surface area contributed by atoms with Crippen LogP contribution >= 0.6 is 0 Å². The van der Waals surface area contributed by atoms with E-state index in [1.54, 1.807) is 6.92 Å². The first-order chi connectivity index (χ1) is 7.67. The minimum Gasteiger partial charge on any atom is -0.322 e. The van der Waals surface area contributed by atoms with E-state index in [-0.39, 0.29) is 22.7 Å². The van der Waals surface area contributed by atoms with E-state index in [4.69, 9.17) is 9.16 Å². The maximum atomic E-state index is 11.6. The van der Waals surface area contributed by atoms with Crippen molar-refractivity contribution in [2.24, 2.45) is 11.3 Å². The SMILES string of the molecule is CC[O+]=C1OC(C)(CC(C)(C)C)CC1C(C)=O. The van der Waals surface area contributed by atoms with Crippen LogP contribution in [0.3, 0.4) is 0 Å². The molecule has 0 aromatic carbocycles. The fourth-order valence-corrected chi connectivity index (χ4v) is 2.68. The molecular formula is C14H25O3+. The van der Waals surface area contributed by atoms with Gasteiger partial charge in [-0.3, -0.25) is 4.79 Å². The van der Waals surface area contributed by atoms with Crippen molar-refractivity contribution < 1.29 is 14.0 Å². The molecule has 98 valence electrons. The van der Waals surface area contributed by atoms with E-state index >= 15 is 0 Å². The first-order valence-corrected chi connectivity index (χ1v) is 6.36. The third-order valence-electron chi connectivity index (χ3n) is 2.95. The van der Waals surface area contributed by atoms with Gasteiger partial charge in [-0.05, 0) is 19.3 Å². The molecule has 0 bridgehead atoms. The Labute approximate surface area is 104 Å². The molecule has 1 aliphatic rings. The number of cyclic esters (lactones) is 1. The van der Waals surface area contributed by atoms with Crippen molar-refractivity contribution in [2.45, 2.75) is 60.0 Å². The molecule has 1 aliphatic heterocycles. The van der Waals surface area contributed by atoms with Gasteiger partial charge >= 0.3 is 5.97 Å². The summed E-state index contributed by atoms with van der Waals surface area (Å²) in [5.74, 6) is 0.458. The number of ketones is 1. The molecule has 0 aliphatic carbocycles. The number of Topliss-reactive ketones (excluding diaryl/α,β-unsaturated/α-hetero) is 1. The van der Waals surface area contributed by atoms with E-state index in [1.165, 1.54) is 0 Å². The van der Waals surface area contributed by atoms with Gasteiger partial charge in [-0.2, -0.15) is 0 Å². The summed E-state index contributed by atoms with van der Waals surface area (Å²) in [7, 11) is 0. The molecule has 0 aromatic rings. The van der Waals surface area contributed by atoms with Gasteiger partial charge in [0.2, 0.25) is 5.60 Å². The molecule has 0 N–H and O–H groups in total. The Morgan fingerprint density at radius 2 is 2.12 bits per heavy atom. The zero-order valence-corrected chi connectivity index (χ0v) is 11.9. The van der Waals surface area contributed by atoms with E-state index in [1.807, 2.05) is 6.92 Å². The van der Waals surface area contributed by atoms with Gasteiger partial charge in [0.25, 0.3) is 0 Å². The Balaban J connectivity index is 2.88. The van der Waals surface area contributed by atoms with Crippen molar-refractivity contribution in [2.75, 3.05) is 6.61 Å². The number of rotatable bonds is 3. The van der Waals surface area contributed by atoms with Crippen molar-refractivity contribution in [3.63, 3.8) is 0 Å². The lowest BCUT2D eigenvalue weighted by atomic mass is 9.79. The van der Waals surface area contributed by atoms with Gasteiger partial charge in [0, 0.05) is 19.8 Å². The fraction of sp³-hybridized carbons (Fsp3) is 0.857. The lowest BCUT2D eigenvalue weighted by molar-refractivity contribution is -0.465. The minimum atomic E-state index is -0.279. The summed E-state index contributed by atoms with van der Waals surface area (Å²) in [6.07, 6.45) is 1.65. The summed E-state index contributed by atoms with van der Waals surface area (Å²) in [4.78, 5) is 11.6. The second-order valence-corrected chi connectivity index (χ2v) is 6.41. The van der Waals surface area contributed by atoms with Crippen molar-refractivity contribution in [1.82, 2.24) is 0 Å². The van der Waals surface area contributed by atoms with Gasteiger partial charge < -0.3 is 9.16 Å². The molecule has 2 unspecified atom stereocenters. The summed E-state index contributed by atoms with van der Waals surface area (Å²) in [5, 5.41) is 0. The van der Waals surface area contributed by atoms with Crippen molar-refractivity contribution in [3.05, 3.63) is 0 Å². The summed E-state index contributed by atoms with van der Waals surface area (Å²) in [6, 6.07) is 0. The third kappa shape index (κ3) is 3.83. The molecule has 0 aromatic heterocycles. The van der Waals surface area contributed by atoms with Crippen LogP contribution in [0.15, 0.2) is 0 Å². The predicted molar refractivity (Wildman–Crippen MR) is 67.9 cm³/mol. The van der Waals surface area contributed by atoms with Crippen LogP contribution in [0.1, 0.15) is 54.4 Å². The largest absolute Gasteiger partial charge is 0.496 e. The molecule has 0 radical (unpaired) electrons. The topological polar surface area (TPSA) is 37.6 Å². The molecular weight excluding hydrogens is 216 g/mol. The zero-order valence-electron chi connectivity index (χ0n) is 11.9. The van der Waals surface area contributed by atoms with Gasteiger partial charge in [0.1, 0.15) is 5.78 Å². The van der Waals surface area contributed by atoms with Crippen LogP contribution in [-0.2, 0) is 14.0 Å². The molecule has 2 atom stereocenters. The fourth-order valence-electron chi connectivity index (χ4n) is 2.68. The monoisotopic (exact) mass is 241 g/mol. The summed E-state index contributed by atoms with van der Waals surface area (Å²) >= 11 is 0. The molecule has 0 spiro atoms. The highest BCUT2D eigenvalue weighted by Crippen LogP contribution is 2.40. The van der Waals surface area contributed by atoms with Crippen LogP contribution in [0, 0.1) is 11.3 Å². The molecule has 17 heavy (non-hydrogen) atoms. The molecule has 3 heteroatoms. The maximum absolute atomic E-state index is 11.6. The highest BCUT2D eigenvalue weighted by Gasteiger charge is 2.55. The molecule has 3 nitrogen and oxygen atoms in total. The molecule has 0 saturated carbocycles. The van der Waals surface area contributed by atoms with Gasteiger partial charge in [0.15, 0.2) is 12.5 Å². The van der Waals surface area contributed by atoms with E-state index in [9.17, 15) is 4.79 Å². The van der Waals surface area contributed by atoms with E-state index < -0.39 is 0 Å². The average Bonchev–Trinajstić information content (AvgIpc) is 2.40. The number of carbonyl (C=O) groups is 1. The highest BCUT2D eigenvalue weighted by molar-refractivity contribution is 5.99. The normalized spacial score (nSPS) is 31.6. The number of hydrogen-bond acceptors (Lipinski definition) is 2. The van der Waals surface area contributed by atoms with Crippen molar-refractivity contribution >= 4 is 11.8 Å². The average molecular weight is 241 g/mol. The van der Waals surface area contributed by atoms with Crippen molar-refractivity contribution in [1.29, 1.82) is 0 Å². The molecule has 1 rings (SSSR count). The minimum absolute atomic E-state index is 0.131. The number of esters is 1. The number of ether oxygens (including phenoxy) is 1. The van der Waals surface area contributed by atoms with E-state index in [0.29, 0.717) is 12.6 Å². The van der Waals surface area contributed by atoms with Crippen molar-refractivity contribution in [3.8, 4) is 0 Å². The van der Waals surface area contributed by atoms with Gasteiger partial charge in [-0.1, -0.05) is 20.8 Å². The Bertz CT molecular complexity index is 325. The van der Waals surface area contributed by atoms with Crippen LogP contribution in [0.2, 0.25) is 0 Å². The Morgan fingerprint density at radius 1 is 1.53 bits per heavy atom. The number of carbonyl (C=O) groups excluding carboxylic acids is 2. The first kappa shape index (κ1) is 14.2. The lowest BCUT2D eigenvalue weighted by Gasteiger charge is -2.26. The molecule has 1 saturated heterocycles. The Hall–Kier alpha value is -0.860. The molecule has 1 fully saturated rings. The van der Waals surface area contributed by atoms with Crippen LogP contribution in [0.5, 0.6) is 0 Å². The standard InChI is InChI=1S/C14H25O3/c1-7-16-12-11(10(2)15)8-14(6,17-12)9-13(3,4)5/h11H,7-9H2,1-6H3/q+1. The van der Waals surface area contributed by atoms with Crippen LogP contribution in [0.4, 0.5) is 0 Å². The third-order valence-corrected chi connectivity index (χ3v) is 2.95. The van der Waals surface area contributed by atoms with Crippen LogP contribution < -0.4 is 0 Å². The second kappa shape index (κ2) is 4.79. The highest BCUT2D eigenvalue weighted by atomic mass is 16.6. The summed E-state index contributed by atoms with van der Waals surface area (Å²) in [6.45, 7) is 12.7. The predicted octanol–water partition coefficient (Wildman–Crippen LogP) is 2.89. The summed E-state index contributed by atoms with van der Waals surface area (Å²) < 4.78 is 11.4. The van der Waals surface area contributed by atoms with Gasteiger partial charge in [-0.25, -0.2) is 0 Å². The zero-order chi connectivity index (χ0) is 13.3. The van der Waals surface area contributed by atoms with Gasteiger partial charge in [0.05, 0.1) is 0 Å². The molecule has 0 amide bonds. The van der Waals surface area contributed by atoms with Gasteiger partial charge in [-0.15, -0.1) is 0 Å². The quantitative estimate of drug-likeness (QED) is 0.433. The smallest absolute Gasteiger partial charge is 0.322 e. The maximum Gasteiger partial charge on any atom is 0.496 e. The Kier molecular flexibility index (Phi) is 4.00. The van der Waals surface area contributed by atoms with E-state index in [2.05, 4.69) is 27.7 Å². The van der Waals surface area contributed by atoms with Crippen LogP contribution in [0.25, 0.3) is 0 Å².